The van der Waals surface area contributed by atoms with Crippen molar-refractivity contribution in [1.82, 2.24) is 9.80 Å². The Labute approximate surface area is 291 Å². The molecule has 2 spiro atoms. The van der Waals surface area contributed by atoms with Gasteiger partial charge in [-0.25, -0.2) is 0 Å². The highest BCUT2D eigenvalue weighted by molar-refractivity contribution is 5.91. The van der Waals surface area contributed by atoms with Gasteiger partial charge in [-0.3, -0.25) is 19.4 Å². The molecule has 4 heterocycles. The number of aliphatic hydroxyl groups is 2. The number of benzene rings is 2. The summed E-state index contributed by atoms with van der Waals surface area (Å²) in [6, 6.07) is 7.38. The Balaban J connectivity index is 0.000000120. The van der Waals surface area contributed by atoms with Gasteiger partial charge in [0.15, 0.2) is 46.8 Å². The van der Waals surface area contributed by atoms with Crippen LogP contribution in [-0.2, 0) is 33.3 Å². The van der Waals surface area contributed by atoms with E-state index in [1.807, 2.05) is 12.1 Å². The topological polar surface area (TPSA) is 140 Å². The standard InChI is InChI=1S/2C20H23NO4/c2*22-13-4-3-12-9-15-20(24)6-5-14(23)18-19(20,16(12)17(13)25-18)7-8-21(15)10-11-1-2-11/h2*3-4,11,15,18,22,24H,1-2,5-10H2/t2*15?,18-,19-,20+/m10/s1. The van der Waals surface area contributed by atoms with E-state index in [-0.39, 0.29) is 35.1 Å². The van der Waals surface area contributed by atoms with Gasteiger partial charge in [0.25, 0.3) is 0 Å². The van der Waals surface area contributed by atoms with Crippen LogP contribution in [0.3, 0.4) is 0 Å². The Kier molecular flexibility index (Phi) is 5.98. The molecule has 2 aromatic rings. The number of likely N-dealkylation sites (tertiary alicyclic amines) is 2. The first kappa shape index (κ1) is 30.4. The highest BCUT2D eigenvalue weighted by atomic mass is 16.5. The molecule has 2 saturated heterocycles. The summed E-state index contributed by atoms with van der Waals surface area (Å²) in [5.74, 6) is 2.78. The molecule has 264 valence electrons. The van der Waals surface area contributed by atoms with Gasteiger partial charge in [0.05, 0.1) is 22.0 Å². The summed E-state index contributed by atoms with van der Waals surface area (Å²) in [5.41, 5.74) is 0.907. The van der Waals surface area contributed by atoms with Crippen LogP contribution in [-0.4, -0.2) is 103 Å². The Morgan fingerprint density at radius 1 is 0.640 bits per heavy atom. The maximum absolute atomic E-state index is 12.7. The normalized spacial score (nSPS) is 41.4. The number of carbonyl (C=O) groups is 2. The van der Waals surface area contributed by atoms with Gasteiger partial charge < -0.3 is 29.9 Å². The Bertz CT molecular complexity index is 1740. The third kappa shape index (κ3) is 3.59. The fourth-order valence-corrected chi connectivity index (χ4v) is 12.5. The van der Waals surface area contributed by atoms with Gasteiger partial charge in [-0.05, 0) is 112 Å². The molecule has 0 radical (unpaired) electrons. The van der Waals surface area contributed by atoms with Crippen LogP contribution in [0.2, 0.25) is 0 Å². The van der Waals surface area contributed by atoms with E-state index in [1.165, 1.54) is 25.7 Å². The molecule has 8 atom stereocenters. The summed E-state index contributed by atoms with van der Waals surface area (Å²) >= 11 is 0. The molecule has 2 aromatic carbocycles. The summed E-state index contributed by atoms with van der Waals surface area (Å²) in [5, 5.41) is 44.6. The molecule has 2 unspecified atom stereocenters. The van der Waals surface area contributed by atoms with Crippen LogP contribution in [0.4, 0.5) is 0 Å². The van der Waals surface area contributed by atoms with Crippen LogP contribution in [0.15, 0.2) is 24.3 Å². The molecule has 4 bridgehead atoms. The van der Waals surface area contributed by atoms with E-state index in [0.717, 1.165) is 86.0 Å². The van der Waals surface area contributed by atoms with Gasteiger partial charge in [-0.1, -0.05) is 12.1 Å². The van der Waals surface area contributed by atoms with Gasteiger partial charge >= 0.3 is 0 Å². The van der Waals surface area contributed by atoms with Crippen LogP contribution in [0.5, 0.6) is 23.0 Å². The van der Waals surface area contributed by atoms with Crippen LogP contribution in [0.1, 0.15) is 86.5 Å². The van der Waals surface area contributed by atoms with Crippen molar-refractivity contribution in [1.29, 1.82) is 0 Å². The van der Waals surface area contributed by atoms with Crippen molar-refractivity contribution in [3.05, 3.63) is 46.5 Å². The van der Waals surface area contributed by atoms with Crippen LogP contribution in [0.25, 0.3) is 0 Å². The van der Waals surface area contributed by atoms with Crippen molar-refractivity contribution >= 4 is 11.6 Å². The minimum absolute atomic E-state index is 0.0454. The summed E-state index contributed by atoms with van der Waals surface area (Å²) in [6.45, 7) is 3.90. The number of nitrogens with zero attached hydrogens (tertiary/aromatic N) is 2. The maximum Gasteiger partial charge on any atom is 0.174 e. The van der Waals surface area contributed by atoms with Crippen molar-refractivity contribution in [3.8, 4) is 23.0 Å². The second-order valence-electron chi connectivity index (χ2n) is 17.4. The smallest absolute Gasteiger partial charge is 0.174 e. The molecular formula is C40H46N2O8. The fourth-order valence-electron chi connectivity index (χ4n) is 12.5. The van der Waals surface area contributed by atoms with E-state index < -0.39 is 34.2 Å². The molecule has 4 N–H and O–H groups in total. The lowest BCUT2D eigenvalue weighted by Gasteiger charge is -2.62. The van der Waals surface area contributed by atoms with E-state index in [2.05, 4.69) is 9.80 Å². The number of piperidine rings is 2. The number of Topliss-reactive ketones (excluding diaryl/α,β-unsaturated/α-hetero) is 2. The molecular weight excluding hydrogens is 636 g/mol. The molecule has 12 rings (SSSR count). The molecule has 0 aromatic heterocycles. The van der Waals surface area contributed by atoms with Crippen molar-refractivity contribution in [2.75, 3.05) is 26.2 Å². The van der Waals surface area contributed by atoms with Gasteiger partial charge in [0.1, 0.15) is 0 Å². The lowest BCUT2D eigenvalue weighted by molar-refractivity contribution is -0.188. The first-order valence-corrected chi connectivity index (χ1v) is 19.1. The zero-order chi connectivity index (χ0) is 33.9. The Morgan fingerprint density at radius 3 is 1.46 bits per heavy atom. The van der Waals surface area contributed by atoms with E-state index in [9.17, 15) is 30.0 Å². The summed E-state index contributed by atoms with van der Waals surface area (Å²) in [4.78, 5) is 30.4. The van der Waals surface area contributed by atoms with Crippen LogP contribution in [0, 0.1) is 11.8 Å². The summed E-state index contributed by atoms with van der Waals surface area (Å²) in [7, 11) is 0. The highest BCUT2D eigenvalue weighted by Crippen LogP contribution is 2.66. The lowest BCUT2D eigenvalue weighted by atomic mass is 9.49. The monoisotopic (exact) mass is 682 g/mol. The zero-order valence-electron chi connectivity index (χ0n) is 28.4. The third-order valence-corrected chi connectivity index (χ3v) is 15.1. The van der Waals surface area contributed by atoms with Crippen molar-refractivity contribution < 1.29 is 39.5 Å². The number of carbonyl (C=O) groups excluding carboxylic acids is 2. The summed E-state index contributed by atoms with van der Waals surface area (Å²) in [6.07, 6.45) is 8.65. The number of phenols is 2. The van der Waals surface area contributed by atoms with Crippen molar-refractivity contribution in [2.24, 2.45) is 11.8 Å². The Hall–Kier alpha value is -3.18. The first-order valence-electron chi connectivity index (χ1n) is 19.1. The summed E-state index contributed by atoms with van der Waals surface area (Å²) < 4.78 is 12.1. The second kappa shape index (κ2) is 9.82. The zero-order valence-corrected chi connectivity index (χ0v) is 28.4. The van der Waals surface area contributed by atoms with Gasteiger partial charge in [-0.15, -0.1) is 0 Å². The SMILES string of the molecule is O=C1CC[C@@]2(O)C3Cc4ccc(O)c5c4[C@@]2(CCN3CC2CC2)[C@H]1O5.O=C1CC[C@]2(O)C3Cc4ccc(O)c5c4[C@]2(CCN3CC2CC2)[C@@H]1O5. The predicted molar refractivity (Wildman–Crippen MR) is 180 cm³/mol. The number of ketones is 2. The molecule has 6 aliphatic carbocycles. The van der Waals surface area contributed by atoms with Crippen LogP contribution >= 0.6 is 0 Å². The highest BCUT2D eigenvalue weighted by Gasteiger charge is 2.74. The molecule has 6 fully saturated rings. The first-order chi connectivity index (χ1) is 24.1. The van der Waals surface area contributed by atoms with Gasteiger partial charge in [0.2, 0.25) is 0 Å². The average Bonchev–Trinajstić information content (AvgIpc) is 4.02. The fraction of sp³-hybridized carbons (Fsp3) is 0.650. The predicted octanol–water partition coefficient (Wildman–Crippen LogP) is 3.05. The minimum atomic E-state index is -0.940. The molecule has 10 aliphatic rings. The second-order valence-corrected chi connectivity index (χ2v) is 17.4. The van der Waals surface area contributed by atoms with Crippen molar-refractivity contribution in [2.45, 2.75) is 123 Å². The lowest BCUT2D eigenvalue weighted by Crippen LogP contribution is -2.76. The number of aromatic hydroxyl groups is 2. The third-order valence-electron chi connectivity index (χ3n) is 15.1. The molecule has 10 nitrogen and oxygen atoms in total. The molecule has 50 heavy (non-hydrogen) atoms. The van der Waals surface area contributed by atoms with Crippen LogP contribution < -0.4 is 9.47 Å². The number of hydrogen-bond acceptors (Lipinski definition) is 10. The number of phenolic OH excluding ortho intramolecular Hbond substituents is 2. The van der Waals surface area contributed by atoms with Crippen molar-refractivity contribution in [3.63, 3.8) is 0 Å². The molecule has 4 aliphatic heterocycles. The largest absolute Gasteiger partial charge is 0.504 e. The van der Waals surface area contributed by atoms with E-state index in [1.54, 1.807) is 12.1 Å². The number of rotatable bonds is 4. The number of ether oxygens (including phenoxy) is 2. The average molecular weight is 683 g/mol. The van der Waals surface area contributed by atoms with E-state index in [0.29, 0.717) is 37.2 Å². The van der Waals surface area contributed by atoms with Gasteiger partial charge in [0, 0.05) is 49.1 Å². The number of hydrogen-bond donors (Lipinski definition) is 4. The molecule has 0 amide bonds. The Morgan fingerprint density at radius 2 is 1.06 bits per heavy atom. The molecule has 10 heteroatoms. The maximum atomic E-state index is 12.7. The van der Waals surface area contributed by atoms with E-state index in [4.69, 9.17) is 9.47 Å². The molecule has 4 saturated carbocycles. The quantitative estimate of drug-likeness (QED) is 0.381. The van der Waals surface area contributed by atoms with E-state index >= 15 is 0 Å². The van der Waals surface area contributed by atoms with Gasteiger partial charge in [-0.2, -0.15) is 0 Å². The minimum Gasteiger partial charge on any atom is -0.504 e.